The van der Waals surface area contributed by atoms with Crippen molar-refractivity contribution in [2.24, 2.45) is 4.99 Å². The lowest BCUT2D eigenvalue weighted by molar-refractivity contribution is 0.0986. The summed E-state index contributed by atoms with van der Waals surface area (Å²) < 4.78 is 0. The van der Waals surface area contributed by atoms with E-state index in [2.05, 4.69) is 84.7 Å². The number of hydrogen-bond acceptors (Lipinski definition) is 8. The number of nitrogens with zero attached hydrogens (tertiary/aromatic N) is 6. The molecule has 0 spiro atoms. The van der Waals surface area contributed by atoms with E-state index in [-0.39, 0.29) is 11.2 Å². The molecule has 1 fully saturated rings. The van der Waals surface area contributed by atoms with Crippen LogP contribution in [0.5, 0.6) is 0 Å². The van der Waals surface area contributed by atoms with Crippen molar-refractivity contribution in [3.05, 3.63) is 57.3 Å². The summed E-state index contributed by atoms with van der Waals surface area (Å²) in [6, 6.07) is 7.10. The molecule has 8 heteroatoms. The molecule has 0 saturated carbocycles. The number of carbonyl (C=O) groups is 1. The van der Waals surface area contributed by atoms with Crippen molar-refractivity contribution in [3.8, 4) is 11.3 Å². The highest BCUT2D eigenvalue weighted by Gasteiger charge is 2.28. The second-order valence-corrected chi connectivity index (χ2v) is 12.8. The normalized spacial score (nSPS) is 16.2. The number of fused-ring (bicyclic) bond motifs is 1. The van der Waals surface area contributed by atoms with Gasteiger partial charge in [0.15, 0.2) is 11.6 Å². The van der Waals surface area contributed by atoms with Gasteiger partial charge in [-0.1, -0.05) is 32.9 Å². The van der Waals surface area contributed by atoms with Gasteiger partial charge >= 0.3 is 0 Å². The molecule has 0 atom stereocenters. The third-order valence-electron chi connectivity index (χ3n) is 7.71. The minimum absolute atomic E-state index is 0.0362. The zero-order chi connectivity index (χ0) is 27.0. The monoisotopic (exact) mass is 530 g/mol. The van der Waals surface area contributed by atoms with Crippen molar-refractivity contribution in [1.29, 1.82) is 0 Å². The number of carbonyl (C=O) groups excluding carboxylic acids is 1. The van der Waals surface area contributed by atoms with Crippen LogP contribution in [0.1, 0.15) is 71.4 Å². The zero-order valence-corrected chi connectivity index (χ0v) is 24.2. The number of amidine groups is 1. The molecule has 38 heavy (non-hydrogen) atoms. The minimum Gasteiger partial charge on any atom is -0.360 e. The van der Waals surface area contributed by atoms with Crippen LogP contribution in [-0.4, -0.2) is 69.6 Å². The number of aryl methyl sites for hydroxylation is 2. The van der Waals surface area contributed by atoms with Gasteiger partial charge in [-0.3, -0.25) is 4.79 Å². The lowest BCUT2D eigenvalue weighted by Crippen LogP contribution is -2.44. The van der Waals surface area contributed by atoms with Crippen LogP contribution >= 0.6 is 11.3 Å². The van der Waals surface area contributed by atoms with Crippen molar-refractivity contribution in [2.75, 3.05) is 27.2 Å². The second kappa shape index (κ2) is 10.7. The van der Waals surface area contributed by atoms with Crippen LogP contribution in [0.15, 0.2) is 35.7 Å². The van der Waals surface area contributed by atoms with E-state index in [1.54, 1.807) is 12.5 Å². The molecule has 5 rings (SSSR count). The number of ketones is 1. The standard InChI is InChI=1S/C30H38N6OS/c1-19-15-21(8-7-20(19)9-10-24(37)25-17-31-29(38-25)30(2,3)4)27-23-16-26(34-28(23)33-18-32-27)36-13-11-22(12-14-36)35(5)6/h7-8,15,17-18,22H,9-14,16H2,1-6H3. The van der Waals surface area contributed by atoms with Crippen LogP contribution in [0.2, 0.25) is 0 Å². The Balaban J connectivity index is 1.25. The maximum Gasteiger partial charge on any atom is 0.174 e. The molecular weight excluding hydrogens is 492 g/mol. The topological polar surface area (TPSA) is 74.6 Å². The number of aromatic nitrogens is 3. The van der Waals surface area contributed by atoms with Crippen LogP contribution in [0.3, 0.4) is 0 Å². The van der Waals surface area contributed by atoms with Crippen molar-refractivity contribution in [1.82, 2.24) is 24.8 Å². The van der Waals surface area contributed by atoms with E-state index in [0.29, 0.717) is 18.9 Å². The number of thiazole rings is 1. The zero-order valence-electron chi connectivity index (χ0n) is 23.4. The molecule has 2 aromatic heterocycles. The van der Waals surface area contributed by atoms with E-state index in [1.165, 1.54) is 22.5 Å². The third-order valence-corrected chi connectivity index (χ3v) is 9.18. The summed E-state index contributed by atoms with van der Waals surface area (Å²) in [5, 5.41) is 1.00. The number of benzene rings is 1. The Morgan fingerprint density at radius 2 is 1.89 bits per heavy atom. The second-order valence-electron chi connectivity index (χ2n) is 11.8. The first-order valence-electron chi connectivity index (χ1n) is 13.5. The maximum absolute atomic E-state index is 12.8. The Morgan fingerprint density at radius 3 is 2.55 bits per heavy atom. The molecule has 1 aromatic carbocycles. The first kappa shape index (κ1) is 26.6. The SMILES string of the molecule is Cc1cc(-c2ncnc3c2CC(N2CCC(N(C)C)CC2)=N3)ccc1CCC(=O)c1cnc(C(C)(C)C)s1. The van der Waals surface area contributed by atoms with E-state index in [1.807, 2.05) is 0 Å². The minimum atomic E-state index is -0.0362. The van der Waals surface area contributed by atoms with Gasteiger partial charge in [-0.25, -0.2) is 19.9 Å². The van der Waals surface area contributed by atoms with E-state index in [4.69, 9.17) is 4.99 Å². The summed E-state index contributed by atoms with van der Waals surface area (Å²) in [4.78, 5) is 36.9. The predicted molar refractivity (Wildman–Crippen MR) is 155 cm³/mol. The molecule has 0 amide bonds. The lowest BCUT2D eigenvalue weighted by Gasteiger charge is -2.36. The Bertz CT molecular complexity index is 1360. The molecule has 2 aliphatic rings. The number of likely N-dealkylation sites (tertiary alicyclic amines) is 1. The van der Waals surface area contributed by atoms with Gasteiger partial charge in [0.05, 0.1) is 15.6 Å². The summed E-state index contributed by atoms with van der Waals surface area (Å²) >= 11 is 1.52. The Morgan fingerprint density at radius 1 is 1.13 bits per heavy atom. The Labute approximate surface area is 230 Å². The van der Waals surface area contributed by atoms with Gasteiger partial charge in [-0.2, -0.15) is 0 Å². The average Bonchev–Trinajstić information content (AvgIpc) is 3.56. The van der Waals surface area contributed by atoms with Crippen molar-refractivity contribution in [2.45, 2.75) is 71.3 Å². The fraction of sp³-hybridized carbons (Fsp3) is 0.500. The van der Waals surface area contributed by atoms with Crippen molar-refractivity contribution >= 4 is 28.8 Å². The van der Waals surface area contributed by atoms with Crippen molar-refractivity contribution < 1.29 is 4.79 Å². The molecule has 2 aliphatic heterocycles. The molecule has 3 aromatic rings. The summed E-state index contributed by atoms with van der Waals surface area (Å²) in [6.07, 6.45) is 7.65. The third kappa shape index (κ3) is 5.57. The molecule has 0 unspecified atom stereocenters. The highest BCUT2D eigenvalue weighted by atomic mass is 32.1. The lowest BCUT2D eigenvalue weighted by atomic mass is 9.96. The smallest absolute Gasteiger partial charge is 0.174 e. The van der Waals surface area contributed by atoms with Crippen LogP contribution in [0.25, 0.3) is 11.3 Å². The Hall–Kier alpha value is -2.97. The van der Waals surface area contributed by atoms with E-state index >= 15 is 0 Å². The number of Topliss-reactive ketones (excluding diaryl/α,β-unsaturated/α-hetero) is 1. The van der Waals surface area contributed by atoms with E-state index in [0.717, 1.165) is 70.7 Å². The first-order chi connectivity index (χ1) is 18.1. The summed E-state index contributed by atoms with van der Waals surface area (Å²) in [5.74, 6) is 2.07. The summed E-state index contributed by atoms with van der Waals surface area (Å²) in [7, 11) is 4.33. The highest BCUT2D eigenvalue weighted by Crippen LogP contribution is 2.34. The van der Waals surface area contributed by atoms with Gasteiger partial charge in [0.1, 0.15) is 12.2 Å². The summed E-state index contributed by atoms with van der Waals surface area (Å²) in [6.45, 7) is 10.6. The van der Waals surface area contributed by atoms with Gasteiger partial charge in [0.2, 0.25) is 0 Å². The molecule has 0 N–H and O–H groups in total. The molecule has 4 heterocycles. The molecule has 0 radical (unpaired) electrons. The van der Waals surface area contributed by atoms with Gasteiger partial charge in [-0.15, -0.1) is 11.3 Å². The van der Waals surface area contributed by atoms with Gasteiger partial charge < -0.3 is 9.80 Å². The van der Waals surface area contributed by atoms with Crippen LogP contribution in [0.4, 0.5) is 5.82 Å². The number of rotatable bonds is 6. The molecule has 7 nitrogen and oxygen atoms in total. The Kier molecular flexibility index (Phi) is 7.47. The predicted octanol–water partition coefficient (Wildman–Crippen LogP) is 5.63. The van der Waals surface area contributed by atoms with Crippen LogP contribution in [-0.2, 0) is 18.3 Å². The van der Waals surface area contributed by atoms with Crippen LogP contribution in [0, 0.1) is 6.92 Å². The largest absolute Gasteiger partial charge is 0.360 e. The molecular formula is C30H38N6OS. The van der Waals surface area contributed by atoms with E-state index in [9.17, 15) is 4.79 Å². The number of aliphatic imine (C=N–C) groups is 1. The van der Waals surface area contributed by atoms with Crippen molar-refractivity contribution in [3.63, 3.8) is 0 Å². The summed E-state index contributed by atoms with van der Waals surface area (Å²) in [5.41, 5.74) is 5.48. The molecule has 0 bridgehead atoms. The number of piperidine rings is 1. The number of hydrogen-bond donors (Lipinski definition) is 0. The van der Waals surface area contributed by atoms with Gasteiger partial charge in [-0.05, 0) is 57.5 Å². The maximum atomic E-state index is 12.8. The van der Waals surface area contributed by atoms with Gasteiger partial charge in [0, 0.05) is 54.7 Å². The fourth-order valence-corrected chi connectivity index (χ4v) is 6.24. The van der Waals surface area contributed by atoms with E-state index < -0.39 is 0 Å². The average molecular weight is 531 g/mol. The molecule has 1 saturated heterocycles. The fourth-order valence-electron chi connectivity index (χ4n) is 5.30. The molecule has 0 aliphatic carbocycles. The molecule has 200 valence electrons. The highest BCUT2D eigenvalue weighted by molar-refractivity contribution is 7.13. The van der Waals surface area contributed by atoms with Gasteiger partial charge in [0.25, 0.3) is 0 Å². The quantitative estimate of drug-likeness (QED) is 0.384. The first-order valence-corrected chi connectivity index (χ1v) is 14.3. The van der Waals surface area contributed by atoms with Crippen LogP contribution < -0.4 is 0 Å².